The second kappa shape index (κ2) is 7.75. The summed E-state index contributed by atoms with van der Waals surface area (Å²) in [5.74, 6) is -6.39. The molecule has 0 saturated heterocycles. The fourth-order valence-corrected chi connectivity index (χ4v) is 2.58. The van der Waals surface area contributed by atoms with Crippen LogP contribution in [0.4, 0.5) is 22.0 Å². The van der Waals surface area contributed by atoms with Crippen LogP contribution < -0.4 is 10.1 Å². The lowest BCUT2D eigenvalue weighted by Gasteiger charge is -2.16. The van der Waals surface area contributed by atoms with Gasteiger partial charge in [0.2, 0.25) is 0 Å². The molecule has 0 atom stereocenters. The van der Waals surface area contributed by atoms with Crippen LogP contribution in [0.15, 0.2) is 42.5 Å². The first-order chi connectivity index (χ1) is 13.2. The van der Waals surface area contributed by atoms with Crippen molar-refractivity contribution in [3.05, 3.63) is 59.4 Å². The molecule has 4 nitrogen and oxygen atoms in total. The zero-order valence-corrected chi connectivity index (χ0v) is 14.9. The predicted molar refractivity (Wildman–Crippen MR) is 94.4 cm³/mol. The zero-order valence-electron chi connectivity index (χ0n) is 14.9. The summed E-state index contributed by atoms with van der Waals surface area (Å²) in [6, 6.07) is 12.3. The van der Waals surface area contributed by atoms with Gasteiger partial charge < -0.3 is 15.0 Å². The van der Waals surface area contributed by atoms with E-state index in [4.69, 9.17) is 4.74 Å². The number of alkyl halides is 5. The molecule has 28 heavy (non-hydrogen) atoms. The third kappa shape index (κ3) is 4.24. The number of hydrogen-bond donors (Lipinski definition) is 2. The molecule has 0 amide bonds. The number of fused-ring (bicyclic) bond motifs is 1. The lowest BCUT2D eigenvalue weighted by molar-refractivity contribution is -0.292. The van der Waals surface area contributed by atoms with Crippen molar-refractivity contribution in [1.82, 2.24) is 15.3 Å². The van der Waals surface area contributed by atoms with Crippen molar-refractivity contribution in [2.45, 2.75) is 25.6 Å². The standard InChI is InChI=1S/C19H18F5N3O/c1-12-5-7-13(8-6-12)11-25-9-10-28-15-4-2-3-14-16(15)27-17(26-14)18(20,21)19(22,23)24/h2-8,25H,9-11H2,1H3,(H,26,27). The Bertz CT molecular complexity index is 935. The number of nitrogens with one attached hydrogen (secondary N) is 2. The Morgan fingerprint density at radius 2 is 1.75 bits per heavy atom. The summed E-state index contributed by atoms with van der Waals surface area (Å²) in [7, 11) is 0. The molecular weight excluding hydrogens is 381 g/mol. The Balaban J connectivity index is 1.63. The Morgan fingerprint density at radius 3 is 2.43 bits per heavy atom. The highest BCUT2D eigenvalue weighted by molar-refractivity contribution is 5.81. The first-order valence-electron chi connectivity index (χ1n) is 8.51. The summed E-state index contributed by atoms with van der Waals surface area (Å²) >= 11 is 0. The summed E-state index contributed by atoms with van der Waals surface area (Å²) in [5, 5.41) is 3.17. The van der Waals surface area contributed by atoms with Crippen LogP contribution in [0.1, 0.15) is 17.0 Å². The van der Waals surface area contributed by atoms with Crippen molar-refractivity contribution in [3.8, 4) is 5.75 Å². The fourth-order valence-electron chi connectivity index (χ4n) is 2.58. The summed E-state index contributed by atoms with van der Waals surface area (Å²) in [4.78, 5) is 5.47. The van der Waals surface area contributed by atoms with E-state index in [0.717, 1.165) is 11.1 Å². The van der Waals surface area contributed by atoms with Crippen LogP contribution in [0.2, 0.25) is 0 Å². The number of H-pyrrole nitrogens is 1. The molecule has 3 rings (SSSR count). The van der Waals surface area contributed by atoms with Gasteiger partial charge in [-0.05, 0) is 24.6 Å². The second-order valence-corrected chi connectivity index (χ2v) is 6.32. The Labute approximate surface area is 157 Å². The largest absolute Gasteiger partial charge is 0.490 e. The van der Waals surface area contributed by atoms with E-state index in [1.54, 1.807) is 0 Å². The molecule has 2 aromatic carbocycles. The first kappa shape index (κ1) is 20.1. The highest BCUT2D eigenvalue weighted by Gasteiger charge is 2.61. The van der Waals surface area contributed by atoms with Gasteiger partial charge in [0.05, 0.1) is 5.52 Å². The van der Waals surface area contributed by atoms with Crippen molar-refractivity contribution in [2.24, 2.45) is 0 Å². The third-order valence-electron chi connectivity index (χ3n) is 4.12. The Hall–Kier alpha value is -2.68. The van der Waals surface area contributed by atoms with Crippen molar-refractivity contribution in [3.63, 3.8) is 0 Å². The number of benzene rings is 2. The first-order valence-corrected chi connectivity index (χ1v) is 8.51. The molecule has 1 aromatic heterocycles. The SMILES string of the molecule is Cc1ccc(CNCCOc2cccc3[nH]c(C(F)(F)C(F)(F)F)nc23)cc1. The van der Waals surface area contributed by atoms with Gasteiger partial charge in [-0.25, -0.2) is 4.98 Å². The average molecular weight is 399 g/mol. The number of rotatable bonds is 7. The number of nitrogens with zero attached hydrogens (tertiary/aromatic N) is 1. The van der Waals surface area contributed by atoms with E-state index < -0.39 is 17.9 Å². The van der Waals surface area contributed by atoms with E-state index in [-0.39, 0.29) is 23.4 Å². The van der Waals surface area contributed by atoms with E-state index in [1.807, 2.05) is 36.2 Å². The van der Waals surface area contributed by atoms with Crippen LogP contribution in [0.25, 0.3) is 11.0 Å². The number of aromatic amines is 1. The maximum absolute atomic E-state index is 13.5. The molecule has 0 aliphatic rings. The fraction of sp³-hybridized carbons (Fsp3) is 0.316. The van der Waals surface area contributed by atoms with Gasteiger partial charge >= 0.3 is 12.1 Å². The highest BCUT2D eigenvalue weighted by Crippen LogP contribution is 2.43. The van der Waals surface area contributed by atoms with Crippen LogP contribution in [0.3, 0.4) is 0 Å². The van der Waals surface area contributed by atoms with Gasteiger partial charge in [-0.15, -0.1) is 0 Å². The van der Waals surface area contributed by atoms with Gasteiger partial charge in [-0.2, -0.15) is 22.0 Å². The summed E-state index contributed by atoms with van der Waals surface area (Å²) in [6.07, 6.45) is -5.73. The highest BCUT2D eigenvalue weighted by atomic mass is 19.4. The third-order valence-corrected chi connectivity index (χ3v) is 4.12. The van der Waals surface area contributed by atoms with Gasteiger partial charge in [0.25, 0.3) is 0 Å². The minimum atomic E-state index is -5.73. The number of hydrogen-bond acceptors (Lipinski definition) is 3. The maximum atomic E-state index is 13.5. The number of aryl methyl sites for hydroxylation is 1. The molecule has 150 valence electrons. The van der Waals surface area contributed by atoms with Crippen LogP contribution in [-0.2, 0) is 12.5 Å². The predicted octanol–water partition coefficient (Wildman–Crippen LogP) is 4.69. The van der Waals surface area contributed by atoms with Crippen molar-refractivity contribution in [1.29, 1.82) is 0 Å². The number of ether oxygens (including phenoxy) is 1. The second-order valence-electron chi connectivity index (χ2n) is 6.32. The molecule has 0 aliphatic carbocycles. The van der Waals surface area contributed by atoms with Crippen LogP contribution >= 0.6 is 0 Å². The lowest BCUT2D eigenvalue weighted by Crippen LogP contribution is -2.34. The molecule has 0 bridgehead atoms. The normalized spacial score (nSPS) is 12.5. The van der Waals surface area contributed by atoms with Crippen LogP contribution in [-0.4, -0.2) is 29.3 Å². The van der Waals surface area contributed by atoms with Gasteiger partial charge in [-0.3, -0.25) is 0 Å². The average Bonchev–Trinajstić information content (AvgIpc) is 3.08. The number of aromatic nitrogens is 2. The van der Waals surface area contributed by atoms with Crippen LogP contribution in [0, 0.1) is 6.92 Å². The molecule has 3 aromatic rings. The summed E-state index contributed by atoms with van der Waals surface area (Å²) in [6.45, 7) is 3.28. The van der Waals surface area contributed by atoms with Gasteiger partial charge in [0.1, 0.15) is 17.9 Å². The maximum Gasteiger partial charge on any atom is 0.461 e. The topological polar surface area (TPSA) is 49.9 Å². The molecular formula is C19H18F5N3O. The van der Waals surface area contributed by atoms with E-state index >= 15 is 0 Å². The monoisotopic (exact) mass is 399 g/mol. The van der Waals surface area contributed by atoms with Gasteiger partial charge in [0.15, 0.2) is 5.82 Å². The van der Waals surface area contributed by atoms with Crippen LogP contribution in [0.5, 0.6) is 5.75 Å². The Morgan fingerprint density at radius 1 is 1.04 bits per heavy atom. The molecule has 1 heterocycles. The molecule has 0 radical (unpaired) electrons. The van der Waals surface area contributed by atoms with Gasteiger partial charge in [-0.1, -0.05) is 35.9 Å². The van der Waals surface area contributed by atoms with Crippen molar-refractivity contribution in [2.75, 3.05) is 13.2 Å². The molecule has 2 N–H and O–H groups in total. The molecule has 0 saturated carbocycles. The minimum Gasteiger partial charge on any atom is -0.490 e. The summed E-state index contributed by atoms with van der Waals surface area (Å²) < 4.78 is 70.2. The number of imidazole rings is 1. The molecule has 0 spiro atoms. The summed E-state index contributed by atoms with van der Waals surface area (Å²) in [5.41, 5.74) is 2.23. The van der Waals surface area contributed by atoms with Crippen molar-refractivity contribution >= 4 is 11.0 Å². The smallest absolute Gasteiger partial charge is 0.461 e. The quantitative estimate of drug-likeness (QED) is 0.448. The molecule has 0 aliphatic heterocycles. The molecule has 0 unspecified atom stereocenters. The van der Waals surface area contributed by atoms with E-state index in [9.17, 15) is 22.0 Å². The zero-order chi connectivity index (χ0) is 20.4. The molecule has 0 fully saturated rings. The van der Waals surface area contributed by atoms with E-state index in [2.05, 4.69) is 10.3 Å². The number of para-hydroxylation sites is 1. The molecule has 9 heteroatoms. The van der Waals surface area contributed by atoms with Crippen molar-refractivity contribution < 1.29 is 26.7 Å². The van der Waals surface area contributed by atoms with E-state index in [1.165, 1.54) is 18.2 Å². The van der Waals surface area contributed by atoms with Gasteiger partial charge in [0, 0.05) is 13.1 Å². The minimum absolute atomic E-state index is 0.0454. The van der Waals surface area contributed by atoms with E-state index in [0.29, 0.717) is 13.1 Å². The number of halogens is 5. The Kier molecular flexibility index (Phi) is 5.55. The lowest BCUT2D eigenvalue weighted by atomic mass is 10.1.